The number of unbranched alkanes of at least 4 members (excludes halogenated alkanes) is 8. The van der Waals surface area contributed by atoms with E-state index in [9.17, 15) is 24.6 Å². The van der Waals surface area contributed by atoms with Crippen LogP contribution in [0, 0.1) is 0 Å². The fraction of sp³-hybridized carbons (Fsp3) is 0.553. The van der Waals surface area contributed by atoms with Gasteiger partial charge in [0.2, 0.25) is 11.8 Å². The lowest BCUT2D eigenvalue weighted by molar-refractivity contribution is -0.137. The molecule has 2 aromatic rings. The molecule has 0 unspecified atom stereocenters. The van der Waals surface area contributed by atoms with Crippen LogP contribution in [-0.4, -0.2) is 85.4 Å². The number of nitrogens with one attached hydrogen (secondary N) is 1. The van der Waals surface area contributed by atoms with Crippen molar-refractivity contribution in [3.63, 3.8) is 0 Å². The normalized spacial score (nSPS) is 19.4. The summed E-state index contributed by atoms with van der Waals surface area (Å²) in [5, 5.41) is 24.1. The lowest BCUT2D eigenvalue weighted by atomic mass is 9.77. The highest BCUT2D eigenvalue weighted by molar-refractivity contribution is 5.96. The van der Waals surface area contributed by atoms with Crippen LogP contribution in [0.5, 0.6) is 17.2 Å². The van der Waals surface area contributed by atoms with Crippen molar-refractivity contribution in [2.24, 2.45) is 0 Å². The Balaban J connectivity index is 1.62. The van der Waals surface area contributed by atoms with Gasteiger partial charge in [-0.3, -0.25) is 14.4 Å². The minimum atomic E-state index is -1.19. The van der Waals surface area contributed by atoms with E-state index in [0.717, 1.165) is 31.2 Å². The van der Waals surface area contributed by atoms with Crippen LogP contribution < -0.4 is 19.5 Å². The fourth-order valence-corrected chi connectivity index (χ4v) is 6.88. The smallest absolute Gasteiger partial charge is 0.247 e. The molecule has 10 nitrogen and oxygen atoms in total. The van der Waals surface area contributed by atoms with Crippen LogP contribution >= 0.6 is 0 Å². The Hall–Kier alpha value is -3.89. The second-order valence-electron chi connectivity index (χ2n) is 12.6. The molecular weight excluding hydrogens is 612 g/mol. The van der Waals surface area contributed by atoms with Crippen LogP contribution in [0.2, 0.25) is 0 Å². The minimum absolute atomic E-state index is 0.0290. The van der Waals surface area contributed by atoms with Crippen LogP contribution in [0.4, 0.5) is 0 Å². The van der Waals surface area contributed by atoms with Gasteiger partial charge in [-0.15, -0.1) is 0 Å². The molecule has 2 aliphatic rings. The molecule has 4 rings (SSSR count). The van der Waals surface area contributed by atoms with Crippen molar-refractivity contribution in [1.29, 1.82) is 0 Å². The second kappa shape index (κ2) is 18.6. The number of nitrogens with zero attached hydrogens (tertiary/aromatic N) is 1. The summed E-state index contributed by atoms with van der Waals surface area (Å²) in [4.78, 5) is 41.1. The molecule has 0 saturated carbocycles. The molecule has 10 heteroatoms. The third-order valence-electron chi connectivity index (χ3n) is 9.40. The summed E-state index contributed by atoms with van der Waals surface area (Å²) in [5.41, 5.74) is 2.11. The highest BCUT2D eigenvalue weighted by Crippen LogP contribution is 2.51. The van der Waals surface area contributed by atoms with E-state index >= 15 is 0 Å². The van der Waals surface area contributed by atoms with Crippen molar-refractivity contribution < 1.29 is 38.8 Å². The lowest BCUT2D eigenvalue weighted by Gasteiger charge is -2.41. The van der Waals surface area contributed by atoms with Gasteiger partial charge in [0.15, 0.2) is 11.5 Å². The van der Waals surface area contributed by atoms with E-state index in [0.29, 0.717) is 53.1 Å². The maximum atomic E-state index is 14.0. The highest BCUT2D eigenvalue weighted by atomic mass is 16.5. The van der Waals surface area contributed by atoms with E-state index < -0.39 is 30.1 Å². The first kappa shape index (κ1) is 36.9. The molecule has 2 aromatic carbocycles. The molecule has 48 heavy (non-hydrogen) atoms. The number of aliphatic hydroxyl groups excluding tert-OH is 2. The number of fused-ring (bicyclic) bond motifs is 3. The number of ether oxygens (including phenoxy) is 3. The molecule has 2 amide bonds. The van der Waals surface area contributed by atoms with E-state index in [1.165, 1.54) is 39.2 Å². The molecule has 0 radical (unpaired) electrons. The Morgan fingerprint density at radius 3 is 2.33 bits per heavy atom. The number of aliphatic hydroxyl groups is 2. The summed E-state index contributed by atoms with van der Waals surface area (Å²) in [5.74, 6) is 0.0946. The van der Waals surface area contributed by atoms with E-state index in [1.54, 1.807) is 30.2 Å². The van der Waals surface area contributed by atoms with E-state index in [2.05, 4.69) is 12.2 Å². The molecule has 3 N–H and O–H groups in total. The zero-order chi connectivity index (χ0) is 34.5. The van der Waals surface area contributed by atoms with Gasteiger partial charge in [0.1, 0.15) is 24.2 Å². The van der Waals surface area contributed by atoms with Crippen molar-refractivity contribution in [2.45, 2.75) is 102 Å². The topological polar surface area (TPSA) is 135 Å². The number of hydrogen-bond acceptors (Lipinski definition) is 8. The van der Waals surface area contributed by atoms with Crippen molar-refractivity contribution in [2.75, 3.05) is 33.9 Å². The average molecular weight is 665 g/mol. The number of benzene rings is 2. The maximum absolute atomic E-state index is 14.0. The fourth-order valence-electron chi connectivity index (χ4n) is 6.88. The van der Waals surface area contributed by atoms with Crippen molar-refractivity contribution in [3.05, 3.63) is 64.7 Å². The number of hydrogen-bond donors (Lipinski definition) is 3. The van der Waals surface area contributed by atoms with Gasteiger partial charge >= 0.3 is 0 Å². The zero-order valence-electron chi connectivity index (χ0n) is 28.6. The first-order valence-corrected chi connectivity index (χ1v) is 17.4. The van der Waals surface area contributed by atoms with Gasteiger partial charge in [-0.05, 0) is 42.7 Å². The number of rotatable bonds is 20. The van der Waals surface area contributed by atoms with Gasteiger partial charge in [0.25, 0.3) is 0 Å². The molecular formula is C38H52N2O8. The van der Waals surface area contributed by atoms with E-state index in [1.807, 2.05) is 24.3 Å². The summed E-state index contributed by atoms with van der Waals surface area (Å²) >= 11 is 0. The van der Waals surface area contributed by atoms with E-state index in [-0.39, 0.29) is 25.6 Å². The number of methoxy groups -OCH3 is 2. The third-order valence-corrected chi connectivity index (χ3v) is 9.40. The van der Waals surface area contributed by atoms with Gasteiger partial charge < -0.3 is 34.6 Å². The predicted octanol–water partition coefficient (Wildman–Crippen LogP) is 5.13. The number of para-hydroxylation sites is 1. The largest absolute Gasteiger partial charge is 0.496 e. The molecule has 4 atom stereocenters. The van der Waals surface area contributed by atoms with Crippen LogP contribution in [-0.2, 0) is 16.0 Å². The molecule has 0 bridgehead atoms. The predicted molar refractivity (Wildman–Crippen MR) is 184 cm³/mol. The number of aldehydes is 1. The average Bonchev–Trinajstić information content (AvgIpc) is 3.50. The van der Waals surface area contributed by atoms with Gasteiger partial charge in [0, 0.05) is 36.2 Å². The third kappa shape index (κ3) is 8.96. The number of carbonyl (C=O) groups is 3. The standard InChI is InChI=1S/C38H52N2O8/c1-4-5-6-7-8-9-10-11-12-17-33(43)40(20-18-27-15-13-14-16-31(27)46-2)30-24-29(38(45)39-19-21-41)34-28-22-26(25-42)23-32(47-3)36(28)48-37(34)35(30)44/h13-16,22-25,30,34-35,37,41,44H,4-12,17-21H2,1-3H3,(H,39,45)/t30-,34+,35+,37+/m1/s1. The summed E-state index contributed by atoms with van der Waals surface area (Å²) in [6, 6.07) is 9.96. The van der Waals surface area contributed by atoms with Crippen LogP contribution in [0.25, 0.3) is 0 Å². The van der Waals surface area contributed by atoms with Gasteiger partial charge in [-0.2, -0.15) is 0 Å². The molecule has 0 spiro atoms. The van der Waals surface area contributed by atoms with E-state index in [4.69, 9.17) is 14.2 Å². The quantitative estimate of drug-likeness (QED) is 0.131. The maximum Gasteiger partial charge on any atom is 0.247 e. The Morgan fingerprint density at radius 2 is 1.67 bits per heavy atom. The van der Waals surface area contributed by atoms with Crippen molar-refractivity contribution >= 4 is 18.1 Å². The molecule has 1 aliphatic carbocycles. The highest BCUT2D eigenvalue weighted by Gasteiger charge is 2.51. The first-order valence-electron chi connectivity index (χ1n) is 17.4. The van der Waals surface area contributed by atoms with Crippen molar-refractivity contribution in [1.82, 2.24) is 10.2 Å². The van der Waals surface area contributed by atoms with Crippen LogP contribution in [0.3, 0.4) is 0 Å². The second-order valence-corrected chi connectivity index (χ2v) is 12.6. The summed E-state index contributed by atoms with van der Waals surface area (Å²) in [6.07, 6.45) is 11.2. The van der Waals surface area contributed by atoms with Gasteiger partial charge in [-0.25, -0.2) is 0 Å². The van der Waals surface area contributed by atoms with Gasteiger partial charge in [-0.1, -0.05) is 76.5 Å². The number of carbonyl (C=O) groups excluding carboxylic acids is 3. The van der Waals surface area contributed by atoms with Crippen LogP contribution in [0.15, 0.2) is 48.0 Å². The van der Waals surface area contributed by atoms with Crippen LogP contribution in [0.1, 0.15) is 98.5 Å². The molecule has 1 aliphatic heterocycles. The molecule has 0 saturated heterocycles. The minimum Gasteiger partial charge on any atom is -0.496 e. The van der Waals surface area contributed by atoms with Crippen molar-refractivity contribution in [3.8, 4) is 17.2 Å². The van der Waals surface area contributed by atoms with Gasteiger partial charge in [0.05, 0.1) is 32.8 Å². The Morgan fingerprint density at radius 1 is 0.979 bits per heavy atom. The first-order chi connectivity index (χ1) is 23.4. The Kier molecular flexibility index (Phi) is 14.3. The monoisotopic (exact) mass is 664 g/mol. The summed E-state index contributed by atoms with van der Waals surface area (Å²) in [6.45, 7) is 2.27. The SMILES string of the molecule is CCCCCCCCCCCC(=O)N(CCc1ccccc1OC)[C@@H]1C=C(C(=O)NCCO)[C@@H]2c3cc(C=O)cc(OC)c3O[C@@H]2[C@H]1O. The number of amides is 2. The Bertz CT molecular complexity index is 1410. The Labute approximate surface area is 284 Å². The molecule has 1 heterocycles. The summed E-state index contributed by atoms with van der Waals surface area (Å²) < 4.78 is 17.4. The summed E-state index contributed by atoms with van der Waals surface area (Å²) in [7, 11) is 3.07. The lowest BCUT2D eigenvalue weighted by Crippen LogP contribution is -2.56. The molecule has 262 valence electrons. The molecule has 0 aromatic heterocycles. The molecule has 0 fully saturated rings. The zero-order valence-corrected chi connectivity index (χ0v) is 28.6.